The van der Waals surface area contributed by atoms with Crippen molar-refractivity contribution in [2.45, 2.75) is 38.1 Å². The second-order valence-corrected chi connectivity index (χ2v) is 9.57. The fourth-order valence-corrected chi connectivity index (χ4v) is 5.59. The molecule has 2 atom stereocenters. The van der Waals surface area contributed by atoms with Gasteiger partial charge in [0.2, 0.25) is 0 Å². The molecule has 1 amide bonds. The molecule has 2 fully saturated rings. The van der Waals surface area contributed by atoms with E-state index in [9.17, 15) is 9.59 Å². The van der Waals surface area contributed by atoms with Crippen molar-refractivity contribution in [1.82, 2.24) is 9.80 Å². The van der Waals surface area contributed by atoms with Crippen LogP contribution in [0, 0.1) is 5.92 Å². The lowest BCUT2D eigenvalue weighted by atomic mass is 9.83. The van der Waals surface area contributed by atoms with Crippen LogP contribution in [0.15, 0.2) is 63.8 Å². The van der Waals surface area contributed by atoms with Crippen molar-refractivity contribution in [3.8, 4) is 16.9 Å². The van der Waals surface area contributed by atoms with Crippen molar-refractivity contribution in [3.63, 3.8) is 0 Å². The third-order valence-corrected chi connectivity index (χ3v) is 7.33. The summed E-state index contributed by atoms with van der Waals surface area (Å²) in [6.07, 6.45) is 6.24. The molecule has 6 nitrogen and oxygen atoms in total. The highest BCUT2D eigenvalue weighted by Gasteiger charge is 2.34. The van der Waals surface area contributed by atoms with Crippen molar-refractivity contribution in [2.75, 3.05) is 33.3 Å². The van der Waals surface area contributed by atoms with Gasteiger partial charge in [0.1, 0.15) is 11.3 Å². The van der Waals surface area contributed by atoms with Crippen LogP contribution in [0.4, 0.5) is 0 Å². The predicted molar refractivity (Wildman–Crippen MR) is 133 cm³/mol. The van der Waals surface area contributed by atoms with Gasteiger partial charge in [-0.25, -0.2) is 4.79 Å². The Morgan fingerprint density at radius 3 is 2.74 bits per heavy atom. The Kier molecular flexibility index (Phi) is 6.68. The Morgan fingerprint density at radius 1 is 1.06 bits per heavy atom. The van der Waals surface area contributed by atoms with Gasteiger partial charge in [0.15, 0.2) is 6.61 Å². The maximum Gasteiger partial charge on any atom is 0.336 e. The molecule has 178 valence electrons. The van der Waals surface area contributed by atoms with Crippen LogP contribution in [0.3, 0.4) is 0 Å². The molecule has 2 aliphatic heterocycles. The van der Waals surface area contributed by atoms with E-state index in [0.29, 0.717) is 23.3 Å². The minimum absolute atomic E-state index is 0.0347. The van der Waals surface area contributed by atoms with Crippen LogP contribution in [-0.2, 0) is 4.79 Å². The van der Waals surface area contributed by atoms with Gasteiger partial charge in [-0.2, -0.15) is 0 Å². The molecule has 0 spiro atoms. The monoisotopic (exact) mass is 460 g/mol. The molecule has 0 bridgehead atoms. The van der Waals surface area contributed by atoms with E-state index >= 15 is 0 Å². The molecule has 2 aromatic carbocycles. The number of carbonyl (C=O) groups is 1. The number of benzene rings is 2. The van der Waals surface area contributed by atoms with E-state index in [1.54, 1.807) is 6.07 Å². The molecule has 3 heterocycles. The summed E-state index contributed by atoms with van der Waals surface area (Å²) in [6.45, 7) is 3.14. The predicted octanol–water partition coefficient (Wildman–Crippen LogP) is 4.56. The van der Waals surface area contributed by atoms with Gasteiger partial charge in [0, 0.05) is 37.2 Å². The highest BCUT2D eigenvalue weighted by molar-refractivity contribution is 5.93. The third kappa shape index (κ3) is 4.87. The van der Waals surface area contributed by atoms with Crippen molar-refractivity contribution < 1.29 is 13.9 Å². The van der Waals surface area contributed by atoms with Gasteiger partial charge in [-0.3, -0.25) is 4.79 Å². The molecule has 5 rings (SSSR count). The number of ether oxygens (including phenoxy) is 1. The number of nitrogens with zero attached hydrogens (tertiary/aromatic N) is 2. The van der Waals surface area contributed by atoms with Crippen LogP contribution in [-0.4, -0.2) is 55.0 Å². The zero-order valence-corrected chi connectivity index (χ0v) is 19.7. The van der Waals surface area contributed by atoms with E-state index in [2.05, 4.69) is 4.90 Å². The molecule has 0 aliphatic carbocycles. The summed E-state index contributed by atoms with van der Waals surface area (Å²) in [5.41, 5.74) is 1.80. The van der Waals surface area contributed by atoms with E-state index in [1.165, 1.54) is 51.3 Å². The Balaban J connectivity index is 1.25. The number of likely N-dealkylation sites (N-methyl/N-ethyl adjacent to an activating group) is 1. The maximum atomic E-state index is 12.8. The molecule has 3 aromatic rings. The summed E-state index contributed by atoms with van der Waals surface area (Å²) in [5.74, 6) is 1.01. The highest BCUT2D eigenvalue weighted by Crippen LogP contribution is 2.32. The lowest BCUT2D eigenvalue weighted by molar-refractivity contribution is -0.133. The van der Waals surface area contributed by atoms with Gasteiger partial charge in [-0.1, -0.05) is 36.8 Å². The quantitative estimate of drug-likeness (QED) is 0.505. The van der Waals surface area contributed by atoms with Gasteiger partial charge < -0.3 is 19.0 Å². The van der Waals surface area contributed by atoms with Gasteiger partial charge in [0.25, 0.3) is 5.91 Å². The molecule has 2 saturated heterocycles. The SMILES string of the molecule is CN(C[C@@H]1CCCN2CCCC[C@H]12)C(=O)COc1ccc2c(-c3ccccc3)cc(=O)oc2c1. The topological polar surface area (TPSA) is 63.0 Å². The van der Waals surface area contributed by atoms with Crippen LogP contribution >= 0.6 is 0 Å². The van der Waals surface area contributed by atoms with E-state index in [1.807, 2.05) is 54.4 Å². The first-order valence-corrected chi connectivity index (χ1v) is 12.3. The van der Waals surface area contributed by atoms with Crippen molar-refractivity contribution >= 4 is 16.9 Å². The fourth-order valence-electron chi connectivity index (χ4n) is 5.59. The summed E-state index contributed by atoms with van der Waals surface area (Å²) >= 11 is 0. The lowest BCUT2D eigenvalue weighted by Gasteiger charge is -2.45. The normalized spacial score (nSPS) is 20.6. The van der Waals surface area contributed by atoms with Gasteiger partial charge >= 0.3 is 5.63 Å². The summed E-state index contributed by atoms with van der Waals surface area (Å²) in [5, 5.41) is 0.830. The summed E-state index contributed by atoms with van der Waals surface area (Å²) in [4.78, 5) is 29.4. The maximum absolute atomic E-state index is 12.8. The van der Waals surface area contributed by atoms with Crippen molar-refractivity contribution in [1.29, 1.82) is 0 Å². The average Bonchev–Trinajstić information content (AvgIpc) is 2.87. The smallest absolute Gasteiger partial charge is 0.336 e. The van der Waals surface area contributed by atoms with E-state index < -0.39 is 5.63 Å². The highest BCUT2D eigenvalue weighted by atomic mass is 16.5. The molecule has 0 saturated carbocycles. The summed E-state index contributed by atoms with van der Waals surface area (Å²) in [6, 6.07) is 17.3. The second-order valence-electron chi connectivity index (χ2n) is 9.57. The molecule has 0 N–H and O–H groups in total. The number of carbonyl (C=O) groups excluding carboxylic acids is 1. The number of hydrogen-bond donors (Lipinski definition) is 0. The van der Waals surface area contributed by atoms with Crippen LogP contribution in [0.25, 0.3) is 22.1 Å². The average molecular weight is 461 g/mol. The molecule has 2 aliphatic rings. The van der Waals surface area contributed by atoms with Gasteiger partial charge in [-0.05, 0) is 68.0 Å². The lowest BCUT2D eigenvalue weighted by Crippen LogP contribution is -2.51. The molecule has 34 heavy (non-hydrogen) atoms. The molecule has 1 aromatic heterocycles. The van der Waals surface area contributed by atoms with Crippen molar-refractivity contribution in [3.05, 3.63) is 65.0 Å². The zero-order valence-electron chi connectivity index (χ0n) is 19.7. The number of hydrogen-bond acceptors (Lipinski definition) is 5. The molecular weight excluding hydrogens is 428 g/mol. The largest absolute Gasteiger partial charge is 0.484 e. The van der Waals surface area contributed by atoms with Crippen LogP contribution < -0.4 is 10.4 Å². The van der Waals surface area contributed by atoms with Crippen LogP contribution in [0.2, 0.25) is 0 Å². The molecule has 6 heteroatoms. The van der Waals surface area contributed by atoms with E-state index in [-0.39, 0.29) is 12.5 Å². The van der Waals surface area contributed by atoms with E-state index in [0.717, 1.165) is 23.1 Å². The second kappa shape index (κ2) is 10.0. The Morgan fingerprint density at radius 2 is 1.88 bits per heavy atom. The first-order chi connectivity index (χ1) is 16.6. The minimum atomic E-state index is -0.413. The first kappa shape index (κ1) is 22.7. The molecular formula is C28H32N2O4. The number of fused-ring (bicyclic) bond motifs is 2. The molecule has 0 radical (unpaired) electrons. The van der Waals surface area contributed by atoms with Gasteiger partial charge in [0.05, 0.1) is 0 Å². The van der Waals surface area contributed by atoms with Crippen molar-refractivity contribution in [2.24, 2.45) is 5.92 Å². The zero-order chi connectivity index (χ0) is 23.5. The van der Waals surface area contributed by atoms with Crippen LogP contribution in [0.1, 0.15) is 32.1 Å². The Bertz CT molecular complexity index is 1200. The Labute approximate surface area is 200 Å². The first-order valence-electron chi connectivity index (χ1n) is 12.3. The minimum Gasteiger partial charge on any atom is -0.484 e. The third-order valence-electron chi connectivity index (χ3n) is 7.33. The number of amides is 1. The number of rotatable bonds is 6. The van der Waals surface area contributed by atoms with Crippen LogP contribution in [0.5, 0.6) is 5.75 Å². The number of piperidine rings is 2. The van der Waals surface area contributed by atoms with E-state index in [4.69, 9.17) is 9.15 Å². The standard InChI is InChI=1S/C28H32N2O4/c1-29(18-21-10-7-15-30-14-6-5-11-25(21)30)27(31)19-33-22-12-13-23-24(20-8-3-2-4-9-20)17-28(32)34-26(23)16-22/h2-4,8-9,12-13,16-17,21,25H,5-7,10-11,14-15,18-19H2,1H3/t21-,25+/m0/s1. The van der Waals surface area contributed by atoms with Gasteiger partial charge in [-0.15, -0.1) is 0 Å². The molecule has 0 unspecified atom stereocenters. The Hall–Kier alpha value is -3.12. The summed E-state index contributed by atoms with van der Waals surface area (Å²) < 4.78 is 11.2. The summed E-state index contributed by atoms with van der Waals surface area (Å²) in [7, 11) is 1.87. The fraction of sp³-hybridized carbons (Fsp3) is 0.429.